The van der Waals surface area contributed by atoms with Crippen molar-refractivity contribution >= 4 is 17.7 Å². The van der Waals surface area contributed by atoms with Crippen LogP contribution >= 0.6 is 11.8 Å². The zero-order valence-electron chi connectivity index (χ0n) is 10.2. The molecule has 1 unspecified atom stereocenters. The fourth-order valence-corrected chi connectivity index (χ4v) is 2.61. The summed E-state index contributed by atoms with van der Waals surface area (Å²) in [7, 11) is 0. The zero-order valence-corrected chi connectivity index (χ0v) is 11.1. The minimum Gasteiger partial charge on any atom is -0.480 e. The van der Waals surface area contributed by atoms with Crippen LogP contribution in [-0.4, -0.2) is 28.9 Å². The highest BCUT2D eigenvalue weighted by atomic mass is 32.2. The molecule has 0 amide bonds. The molecule has 1 atom stereocenters. The number of benzene rings is 1. The standard InChI is InChI=1S/C13H15F2NO2S/c14-10-4-3-9(7-11(10)15)19-6-5-12(13(17)18)16-8-1-2-8/h3-4,7-8,12,16H,1-2,5-6H2,(H,17,18). The van der Waals surface area contributed by atoms with Crippen molar-refractivity contribution in [3.8, 4) is 0 Å². The molecule has 0 saturated heterocycles. The van der Waals surface area contributed by atoms with E-state index in [1.165, 1.54) is 17.8 Å². The lowest BCUT2D eigenvalue weighted by molar-refractivity contribution is -0.139. The van der Waals surface area contributed by atoms with E-state index in [1.54, 1.807) is 0 Å². The molecular formula is C13H15F2NO2S. The minimum atomic E-state index is -0.879. The Labute approximate surface area is 114 Å². The van der Waals surface area contributed by atoms with Gasteiger partial charge in [0.25, 0.3) is 0 Å². The van der Waals surface area contributed by atoms with Crippen molar-refractivity contribution in [3.05, 3.63) is 29.8 Å². The Morgan fingerprint density at radius 2 is 2.16 bits per heavy atom. The van der Waals surface area contributed by atoms with Gasteiger partial charge in [-0.3, -0.25) is 4.79 Å². The summed E-state index contributed by atoms with van der Waals surface area (Å²) < 4.78 is 25.7. The van der Waals surface area contributed by atoms with Gasteiger partial charge >= 0.3 is 5.97 Å². The molecule has 0 heterocycles. The third kappa shape index (κ3) is 4.47. The Balaban J connectivity index is 1.80. The average molecular weight is 287 g/mol. The molecule has 0 radical (unpaired) electrons. The number of halogens is 2. The monoisotopic (exact) mass is 287 g/mol. The van der Waals surface area contributed by atoms with Crippen molar-refractivity contribution in [3.63, 3.8) is 0 Å². The molecule has 1 saturated carbocycles. The van der Waals surface area contributed by atoms with Gasteiger partial charge in [0, 0.05) is 16.7 Å². The second-order valence-corrected chi connectivity index (χ2v) is 5.71. The molecule has 1 fully saturated rings. The van der Waals surface area contributed by atoms with E-state index >= 15 is 0 Å². The highest BCUT2D eigenvalue weighted by Gasteiger charge is 2.27. The van der Waals surface area contributed by atoms with Crippen LogP contribution in [0.4, 0.5) is 8.78 Å². The first-order chi connectivity index (χ1) is 9.06. The molecule has 6 heteroatoms. The molecule has 1 aromatic rings. The molecule has 104 valence electrons. The number of carbonyl (C=O) groups is 1. The van der Waals surface area contributed by atoms with Crippen LogP contribution in [0, 0.1) is 11.6 Å². The van der Waals surface area contributed by atoms with E-state index in [0.29, 0.717) is 23.1 Å². The van der Waals surface area contributed by atoms with Crippen LogP contribution in [0.3, 0.4) is 0 Å². The average Bonchev–Trinajstić information content (AvgIpc) is 3.16. The summed E-state index contributed by atoms with van der Waals surface area (Å²) in [6.45, 7) is 0. The van der Waals surface area contributed by atoms with Crippen molar-refractivity contribution in [1.29, 1.82) is 0 Å². The van der Waals surface area contributed by atoms with Gasteiger partial charge in [-0.15, -0.1) is 11.8 Å². The van der Waals surface area contributed by atoms with Gasteiger partial charge < -0.3 is 10.4 Å². The maximum atomic E-state index is 13.0. The molecule has 19 heavy (non-hydrogen) atoms. The van der Waals surface area contributed by atoms with E-state index in [4.69, 9.17) is 5.11 Å². The first-order valence-electron chi connectivity index (χ1n) is 6.13. The number of aliphatic carboxylic acids is 1. The summed E-state index contributed by atoms with van der Waals surface area (Å²) in [5, 5.41) is 12.1. The topological polar surface area (TPSA) is 49.3 Å². The van der Waals surface area contributed by atoms with Crippen molar-refractivity contribution in [2.24, 2.45) is 0 Å². The maximum Gasteiger partial charge on any atom is 0.320 e. The molecule has 1 aromatic carbocycles. The van der Waals surface area contributed by atoms with Crippen LogP contribution in [0.5, 0.6) is 0 Å². The van der Waals surface area contributed by atoms with E-state index in [9.17, 15) is 13.6 Å². The van der Waals surface area contributed by atoms with E-state index in [1.807, 2.05) is 0 Å². The number of carboxylic acids is 1. The third-order valence-corrected chi connectivity index (χ3v) is 3.91. The van der Waals surface area contributed by atoms with Crippen LogP contribution in [-0.2, 0) is 4.79 Å². The van der Waals surface area contributed by atoms with Gasteiger partial charge in [-0.1, -0.05) is 0 Å². The summed E-state index contributed by atoms with van der Waals surface area (Å²) in [6.07, 6.45) is 2.51. The van der Waals surface area contributed by atoms with Gasteiger partial charge in [-0.25, -0.2) is 8.78 Å². The lowest BCUT2D eigenvalue weighted by atomic mass is 10.2. The summed E-state index contributed by atoms with van der Waals surface area (Å²) >= 11 is 1.33. The minimum absolute atomic E-state index is 0.328. The first-order valence-corrected chi connectivity index (χ1v) is 7.11. The van der Waals surface area contributed by atoms with Crippen LogP contribution in [0.2, 0.25) is 0 Å². The summed E-state index contributed by atoms with van der Waals surface area (Å²) in [4.78, 5) is 11.6. The molecule has 1 aliphatic carbocycles. The molecule has 1 aliphatic rings. The number of hydrogen-bond acceptors (Lipinski definition) is 3. The Morgan fingerprint density at radius 3 is 2.74 bits per heavy atom. The Kier molecular flexibility index (Phi) is 4.76. The third-order valence-electron chi connectivity index (χ3n) is 2.88. The molecule has 0 aromatic heterocycles. The number of rotatable bonds is 7. The lowest BCUT2D eigenvalue weighted by Crippen LogP contribution is -2.38. The van der Waals surface area contributed by atoms with E-state index in [2.05, 4.69) is 5.32 Å². The molecular weight excluding hydrogens is 272 g/mol. The maximum absolute atomic E-state index is 13.0. The fourth-order valence-electron chi connectivity index (χ4n) is 1.67. The summed E-state index contributed by atoms with van der Waals surface area (Å²) in [5.74, 6) is -2.07. The second-order valence-electron chi connectivity index (χ2n) is 4.54. The molecule has 0 aliphatic heterocycles. The largest absolute Gasteiger partial charge is 0.480 e. The van der Waals surface area contributed by atoms with Crippen molar-refractivity contribution < 1.29 is 18.7 Å². The summed E-state index contributed by atoms with van der Waals surface area (Å²) in [6, 6.07) is 3.46. The first kappa shape index (κ1) is 14.3. The van der Waals surface area contributed by atoms with Crippen LogP contribution in [0.15, 0.2) is 23.1 Å². The highest BCUT2D eigenvalue weighted by Crippen LogP contribution is 2.23. The van der Waals surface area contributed by atoms with Crippen molar-refractivity contribution in [2.45, 2.75) is 36.2 Å². The van der Waals surface area contributed by atoms with Gasteiger partial charge in [0.15, 0.2) is 11.6 Å². The smallest absolute Gasteiger partial charge is 0.320 e. The second kappa shape index (κ2) is 6.34. The Bertz CT molecular complexity index is 466. The van der Waals surface area contributed by atoms with Crippen molar-refractivity contribution in [1.82, 2.24) is 5.32 Å². The quantitative estimate of drug-likeness (QED) is 0.757. The van der Waals surface area contributed by atoms with Crippen LogP contribution in [0.1, 0.15) is 19.3 Å². The predicted octanol–water partition coefficient (Wildman–Crippen LogP) is 2.65. The summed E-state index contributed by atoms with van der Waals surface area (Å²) in [5.41, 5.74) is 0. The Hall–Kier alpha value is -1.14. The number of thioether (sulfide) groups is 1. The molecule has 2 N–H and O–H groups in total. The molecule has 2 rings (SSSR count). The number of hydrogen-bond donors (Lipinski definition) is 2. The van der Waals surface area contributed by atoms with E-state index in [-0.39, 0.29) is 0 Å². The van der Waals surface area contributed by atoms with Gasteiger partial charge in [0.2, 0.25) is 0 Å². The molecule has 0 bridgehead atoms. The molecule has 3 nitrogen and oxygen atoms in total. The highest BCUT2D eigenvalue weighted by molar-refractivity contribution is 7.99. The molecule has 0 spiro atoms. The van der Waals surface area contributed by atoms with Crippen molar-refractivity contribution in [2.75, 3.05) is 5.75 Å². The lowest BCUT2D eigenvalue weighted by Gasteiger charge is -2.13. The van der Waals surface area contributed by atoms with Crippen LogP contribution < -0.4 is 5.32 Å². The van der Waals surface area contributed by atoms with Gasteiger partial charge in [-0.2, -0.15) is 0 Å². The normalized spacial score (nSPS) is 16.3. The van der Waals surface area contributed by atoms with E-state index in [0.717, 1.165) is 25.0 Å². The number of nitrogens with one attached hydrogen (secondary N) is 1. The van der Waals surface area contributed by atoms with Crippen LogP contribution in [0.25, 0.3) is 0 Å². The predicted molar refractivity (Wildman–Crippen MR) is 69.3 cm³/mol. The van der Waals surface area contributed by atoms with Gasteiger partial charge in [0.05, 0.1) is 0 Å². The Morgan fingerprint density at radius 1 is 1.42 bits per heavy atom. The van der Waals surface area contributed by atoms with E-state index < -0.39 is 23.6 Å². The zero-order chi connectivity index (χ0) is 13.8. The fraction of sp³-hybridized carbons (Fsp3) is 0.462. The van der Waals surface area contributed by atoms with Gasteiger partial charge in [0.1, 0.15) is 6.04 Å². The SMILES string of the molecule is O=C(O)C(CCSc1ccc(F)c(F)c1)NC1CC1. The number of carboxylic acid groups (broad SMARTS) is 1. The van der Waals surface area contributed by atoms with Gasteiger partial charge in [-0.05, 0) is 37.5 Å².